The van der Waals surface area contributed by atoms with Crippen LogP contribution in [0.1, 0.15) is 32.6 Å². The fourth-order valence-corrected chi connectivity index (χ4v) is 2.92. The molecule has 2 saturated heterocycles. The first-order chi connectivity index (χ1) is 6.81. The molecule has 2 aliphatic heterocycles. The highest BCUT2D eigenvalue weighted by Crippen LogP contribution is 2.35. The van der Waals surface area contributed by atoms with Crippen molar-refractivity contribution in [3.05, 3.63) is 0 Å². The number of nitrogens with zero attached hydrogens (tertiary/aromatic N) is 1. The van der Waals surface area contributed by atoms with Gasteiger partial charge in [-0.1, -0.05) is 0 Å². The van der Waals surface area contributed by atoms with Crippen molar-refractivity contribution in [1.82, 2.24) is 4.90 Å². The van der Waals surface area contributed by atoms with Crippen molar-refractivity contribution in [3.8, 4) is 0 Å². The Kier molecular flexibility index (Phi) is 3.42. The number of hydrogen-bond donors (Lipinski definition) is 1. The second kappa shape index (κ2) is 4.60. The summed E-state index contributed by atoms with van der Waals surface area (Å²) in [6.45, 7) is 4.75. The highest BCUT2D eigenvalue weighted by molar-refractivity contribution is 4.94. The van der Waals surface area contributed by atoms with Crippen LogP contribution >= 0.6 is 0 Å². The van der Waals surface area contributed by atoms with Gasteiger partial charge in [0.2, 0.25) is 0 Å². The van der Waals surface area contributed by atoms with E-state index in [0.29, 0.717) is 12.1 Å². The minimum Gasteiger partial charge on any atom is -0.393 e. The summed E-state index contributed by atoms with van der Waals surface area (Å²) in [5.41, 5.74) is 0. The molecule has 2 unspecified atom stereocenters. The SMILES string of the molecule is CCOCCN1C2CCC1CC(O)C2. The fraction of sp³-hybridized carbons (Fsp3) is 1.00. The Morgan fingerprint density at radius 1 is 1.29 bits per heavy atom. The molecule has 82 valence electrons. The van der Waals surface area contributed by atoms with E-state index in [1.54, 1.807) is 0 Å². The Balaban J connectivity index is 1.82. The van der Waals surface area contributed by atoms with Gasteiger partial charge in [0.05, 0.1) is 12.7 Å². The molecule has 0 radical (unpaired) electrons. The Morgan fingerprint density at radius 2 is 1.93 bits per heavy atom. The maximum Gasteiger partial charge on any atom is 0.0593 e. The first-order valence-electron chi connectivity index (χ1n) is 5.82. The van der Waals surface area contributed by atoms with E-state index in [-0.39, 0.29) is 6.10 Å². The van der Waals surface area contributed by atoms with Crippen molar-refractivity contribution in [1.29, 1.82) is 0 Å². The van der Waals surface area contributed by atoms with Crippen molar-refractivity contribution < 1.29 is 9.84 Å². The third-order valence-electron chi connectivity index (χ3n) is 3.56. The highest BCUT2D eigenvalue weighted by atomic mass is 16.5. The van der Waals surface area contributed by atoms with Gasteiger partial charge in [-0.05, 0) is 32.6 Å². The third-order valence-corrected chi connectivity index (χ3v) is 3.56. The molecule has 2 bridgehead atoms. The Labute approximate surface area is 86.0 Å². The molecule has 14 heavy (non-hydrogen) atoms. The van der Waals surface area contributed by atoms with E-state index in [4.69, 9.17) is 4.74 Å². The minimum absolute atomic E-state index is 0.0455. The fourth-order valence-electron chi connectivity index (χ4n) is 2.92. The molecule has 2 fully saturated rings. The van der Waals surface area contributed by atoms with E-state index in [0.717, 1.165) is 32.6 Å². The van der Waals surface area contributed by atoms with Crippen LogP contribution in [-0.4, -0.2) is 48.0 Å². The van der Waals surface area contributed by atoms with Gasteiger partial charge >= 0.3 is 0 Å². The number of aliphatic hydroxyl groups excluding tert-OH is 1. The van der Waals surface area contributed by atoms with Crippen molar-refractivity contribution in [2.75, 3.05) is 19.8 Å². The largest absolute Gasteiger partial charge is 0.393 e. The summed E-state index contributed by atoms with van der Waals surface area (Å²) in [6.07, 6.45) is 4.45. The lowest BCUT2D eigenvalue weighted by Gasteiger charge is -2.36. The molecular formula is C11H21NO2. The lowest BCUT2D eigenvalue weighted by atomic mass is 10.0. The van der Waals surface area contributed by atoms with E-state index in [1.165, 1.54) is 12.8 Å². The summed E-state index contributed by atoms with van der Waals surface area (Å²) in [5, 5.41) is 9.62. The van der Waals surface area contributed by atoms with Crippen LogP contribution in [0, 0.1) is 0 Å². The van der Waals surface area contributed by atoms with Crippen molar-refractivity contribution in [3.63, 3.8) is 0 Å². The standard InChI is InChI=1S/C11H21NO2/c1-2-14-6-5-12-9-3-4-10(12)8-11(13)7-9/h9-11,13H,2-8H2,1H3. The number of aliphatic hydroxyl groups is 1. The summed E-state index contributed by atoms with van der Waals surface area (Å²) < 4.78 is 5.38. The van der Waals surface area contributed by atoms with Gasteiger partial charge in [-0.3, -0.25) is 4.90 Å². The number of rotatable bonds is 4. The Hall–Kier alpha value is -0.120. The predicted octanol–water partition coefficient (Wildman–Crippen LogP) is 1.01. The van der Waals surface area contributed by atoms with Gasteiger partial charge in [-0.25, -0.2) is 0 Å². The zero-order chi connectivity index (χ0) is 9.97. The first kappa shape index (κ1) is 10.4. The average molecular weight is 199 g/mol. The molecule has 0 aromatic heterocycles. The van der Waals surface area contributed by atoms with E-state index in [9.17, 15) is 5.11 Å². The van der Waals surface area contributed by atoms with Crippen LogP contribution in [0.5, 0.6) is 0 Å². The Bertz CT molecular complexity index is 172. The molecule has 3 nitrogen and oxygen atoms in total. The molecule has 2 heterocycles. The number of ether oxygens (including phenoxy) is 1. The van der Waals surface area contributed by atoms with Gasteiger partial charge in [-0.2, -0.15) is 0 Å². The molecule has 2 aliphatic rings. The average Bonchev–Trinajstić information content (AvgIpc) is 2.42. The van der Waals surface area contributed by atoms with Crippen molar-refractivity contribution >= 4 is 0 Å². The highest BCUT2D eigenvalue weighted by Gasteiger charge is 2.39. The zero-order valence-corrected chi connectivity index (χ0v) is 8.98. The number of fused-ring (bicyclic) bond motifs is 2. The van der Waals surface area contributed by atoms with Crippen LogP contribution in [0.15, 0.2) is 0 Å². The molecule has 0 spiro atoms. The molecule has 1 N–H and O–H groups in total. The van der Waals surface area contributed by atoms with Gasteiger partial charge < -0.3 is 9.84 Å². The van der Waals surface area contributed by atoms with E-state index in [2.05, 4.69) is 4.90 Å². The first-order valence-corrected chi connectivity index (χ1v) is 5.82. The van der Waals surface area contributed by atoms with Gasteiger partial charge in [0.25, 0.3) is 0 Å². The second-order valence-electron chi connectivity index (χ2n) is 4.44. The summed E-state index contributed by atoms with van der Waals surface area (Å²) >= 11 is 0. The molecule has 0 saturated carbocycles. The van der Waals surface area contributed by atoms with Crippen LogP contribution in [0.3, 0.4) is 0 Å². The lowest BCUT2D eigenvalue weighted by Crippen LogP contribution is -2.46. The van der Waals surface area contributed by atoms with Crippen LogP contribution in [0.25, 0.3) is 0 Å². The smallest absolute Gasteiger partial charge is 0.0593 e. The number of piperidine rings is 1. The third kappa shape index (κ3) is 2.10. The summed E-state index contributed by atoms with van der Waals surface area (Å²) in [4.78, 5) is 2.54. The van der Waals surface area contributed by atoms with Crippen LogP contribution in [0.4, 0.5) is 0 Å². The molecular weight excluding hydrogens is 178 g/mol. The summed E-state index contributed by atoms with van der Waals surface area (Å²) in [6, 6.07) is 1.26. The monoisotopic (exact) mass is 199 g/mol. The molecule has 0 aromatic rings. The molecule has 0 aromatic carbocycles. The van der Waals surface area contributed by atoms with E-state index < -0.39 is 0 Å². The maximum atomic E-state index is 9.62. The Morgan fingerprint density at radius 3 is 2.50 bits per heavy atom. The topological polar surface area (TPSA) is 32.7 Å². The second-order valence-corrected chi connectivity index (χ2v) is 4.44. The molecule has 2 atom stereocenters. The van der Waals surface area contributed by atoms with E-state index >= 15 is 0 Å². The maximum absolute atomic E-state index is 9.62. The van der Waals surface area contributed by atoms with Gasteiger partial charge in [0.1, 0.15) is 0 Å². The van der Waals surface area contributed by atoms with Gasteiger partial charge in [0.15, 0.2) is 0 Å². The van der Waals surface area contributed by atoms with Crippen LogP contribution < -0.4 is 0 Å². The van der Waals surface area contributed by atoms with E-state index in [1.807, 2.05) is 6.92 Å². The van der Waals surface area contributed by atoms with Crippen molar-refractivity contribution in [2.45, 2.75) is 50.8 Å². The normalized spacial score (nSPS) is 37.7. The zero-order valence-electron chi connectivity index (χ0n) is 8.98. The minimum atomic E-state index is -0.0455. The van der Waals surface area contributed by atoms with Crippen LogP contribution in [0.2, 0.25) is 0 Å². The summed E-state index contributed by atoms with van der Waals surface area (Å²) in [5.74, 6) is 0. The molecule has 0 amide bonds. The molecule has 0 aliphatic carbocycles. The van der Waals surface area contributed by atoms with Gasteiger partial charge in [0, 0.05) is 25.2 Å². The number of hydrogen-bond acceptors (Lipinski definition) is 3. The quantitative estimate of drug-likeness (QED) is 0.686. The molecule has 3 heteroatoms. The molecule has 2 rings (SSSR count). The van der Waals surface area contributed by atoms with Crippen molar-refractivity contribution in [2.24, 2.45) is 0 Å². The van der Waals surface area contributed by atoms with Gasteiger partial charge in [-0.15, -0.1) is 0 Å². The lowest BCUT2D eigenvalue weighted by molar-refractivity contribution is 0.0169. The summed E-state index contributed by atoms with van der Waals surface area (Å²) in [7, 11) is 0. The predicted molar refractivity (Wildman–Crippen MR) is 55.2 cm³/mol. The van der Waals surface area contributed by atoms with Crippen LogP contribution in [-0.2, 0) is 4.74 Å².